The van der Waals surface area contributed by atoms with Crippen molar-refractivity contribution in [2.75, 3.05) is 33.9 Å². The van der Waals surface area contributed by atoms with Gasteiger partial charge in [0.2, 0.25) is 11.8 Å². The van der Waals surface area contributed by atoms with E-state index in [1.807, 2.05) is 38.2 Å². The molecule has 14 heteroatoms. The highest BCUT2D eigenvalue weighted by molar-refractivity contribution is 5.96. The number of hydrazine groups is 1. The van der Waals surface area contributed by atoms with Gasteiger partial charge in [-0.3, -0.25) is 29.2 Å². The molecule has 0 unspecified atom stereocenters. The van der Waals surface area contributed by atoms with Crippen LogP contribution in [-0.2, 0) is 54.6 Å². The summed E-state index contributed by atoms with van der Waals surface area (Å²) >= 11 is 0. The first-order valence-corrected chi connectivity index (χ1v) is 22.6. The Bertz CT molecular complexity index is 2410. The van der Waals surface area contributed by atoms with Crippen LogP contribution in [0.5, 0.6) is 5.75 Å². The molecule has 3 fully saturated rings. The van der Waals surface area contributed by atoms with Crippen LogP contribution in [0.4, 0.5) is 0 Å². The lowest BCUT2D eigenvalue weighted by molar-refractivity contribution is -0.155. The van der Waals surface area contributed by atoms with Crippen molar-refractivity contribution in [1.82, 2.24) is 35.5 Å². The zero-order chi connectivity index (χ0) is 44.9. The van der Waals surface area contributed by atoms with Gasteiger partial charge < -0.3 is 34.7 Å². The predicted molar refractivity (Wildman–Crippen MR) is 240 cm³/mol. The number of esters is 1. The normalized spacial score (nSPS) is 25.0. The summed E-state index contributed by atoms with van der Waals surface area (Å²) in [4.78, 5) is 63.0. The lowest BCUT2D eigenvalue weighted by Gasteiger charge is -2.37. The summed E-state index contributed by atoms with van der Waals surface area (Å²) in [5.74, 6) is -0.533. The third-order valence-corrected chi connectivity index (χ3v) is 13.8. The molecular weight excluding hydrogens is 799 g/mol. The Labute approximate surface area is 370 Å². The second-order valence-electron chi connectivity index (χ2n) is 19.3. The second kappa shape index (κ2) is 17.7. The van der Waals surface area contributed by atoms with Gasteiger partial charge in [-0.2, -0.15) is 0 Å². The van der Waals surface area contributed by atoms with E-state index >= 15 is 0 Å². The van der Waals surface area contributed by atoms with E-state index in [9.17, 15) is 24.3 Å². The largest absolute Gasteiger partial charge is 0.508 e. The summed E-state index contributed by atoms with van der Waals surface area (Å²) in [6.45, 7) is 14.6. The number of amides is 3. The highest BCUT2D eigenvalue weighted by Crippen LogP contribution is 2.52. The van der Waals surface area contributed by atoms with Gasteiger partial charge in [-0.1, -0.05) is 46.8 Å². The molecule has 4 aromatic rings. The molecule has 336 valence electrons. The number of methoxy groups -OCH3 is 1. The number of benzene rings is 2. The Morgan fingerprint density at radius 1 is 1.13 bits per heavy atom. The molecule has 2 aromatic carbocycles. The van der Waals surface area contributed by atoms with Crippen LogP contribution in [0.25, 0.3) is 33.3 Å². The third kappa shape index (κ3) is 8.69. The molecule has 5 heterocycles. The van der Waals surface area contributed by atoms with E-state index < -0.39 is 41.3 Å². The van der Waals surface area contributed by atoms with Gasteiger partial charge in [0.25, 0.3) is 5.91 Å². The van der Waals surface area contributed by atoms with Gasteiger partial charge in [-0.25, -0.2) is 5.43 Å². The SMILES string of the molecule is CCn1c(-c2cnccc2COC)c2c3cc(ccc31)-c1cc(O)cc(c1)C[C@H](NC(=O)[C@H](C(C)C)N(C)C(=O)[C@@H]1NC[C@@H]3[C@H](C)[C@@H]31)C(=O)N1CCC[C@H](N1)C(=O)OCC(C)(C)C2. The number of carbonyl (C=O) groups excluding carboxylic acids is 4. The van der Waals surface area contributed by atoms with Crippen molar-refractivity contribution in [1.29, 1.82) is 0 Å². The zero-order valence-electron chi connectivity index (χ0n) is 37.9. The highest BCUT2D eigenvalue weighted by atomic mass is 16.5. The first-order chi connectivity index (χ1) is 30.1. The van der Waals surface area contributed by atoms with Crippen LogP contribution in [0.3, 0.4) is 0 Å². The lowest BCUT2D eigenvalue weighted by atomic mass is 9.84. The Morgan fingerprint density at radius 2 is 1.92 bits per heavy atom. The van der Waals surface area contributed by atoms with E-state index in [0.717, 1.165) is 51.0 Å². The molecule has 2 saturated heterocycles. The van der Waals surface area contributed by atoms with Gasteiger partial charge in [-0.15, -0.1) is 0 Å². The number of fused-ring (bicyclic) bond motifs is 7. The summed E-state index contributed by atoms with van der Waals surface area (Å²) in [5, 5.41) is 20.1. The molecule has 7 atom stereocenters. The van der Waals surface area contributed by atoms with Crippen LogP contribution in [0.15, 0.2) is 54.9 Å². The molecule has 8 rings (SSSR count). The van der Waals surface area contributed by atoms with Crippen molar-refractivity contribution in [2.45, 2.75) is 105 Å². The summed E-state index contributed by atoms with van der Waals surface area (Å²) in [6, 6.07) is 10.5. The van der Waals surface area contributed by atoms with Gasteiger partial charge in [-0.05, 0) is 115 Å². The molecular formula is C49H63N7O7. The number of phenolic OH excluding ortho intramolecular Hbond substituents is 1. The smallest absolute Gasteiger partial charge is 0.324 e. The maximum absolute atomic E-state index is 14.7. The number of phenols is 1. The summed E-state index contributed by atoms with van der Waals surface area (Å²) in [6.07, 6.45) is 5.26. The number of ether oxygens (including phenoxy) is 2. The Kier molecular flexibility index (Phi) is 12.4. The van der Waals surface area contributed by atoms with Gasteiger partial charge in [0.15, 0.2) is 0 Å². The Hall–Kier alpha value is -5.31. The average molecular weight is 862 g/mol. The maximum Gasteiger partial charge on any atom is 0.324 e. The van der Waals surface area contributed by atoms with Crippen molar-refractivity contribution in [3.63, 3.8) is 0 Å². The lowest BCUT2D eigenvalue weighted by Crippen LogP contribution is -2.62. The van der Waals surface area contributed by atoms with Crippen LogP contribution in [0, 0.1) is 29.1 Å². The van der Waals surface area contributed by atoms with Crippen LogP contribution in [0.2, 0.25) is 0 Å². The third-order valence-electron chi connectivity index (χ3n) is 13.8. The number of aromatic hydroxyl groups is 1. The standard InChI is InChI=1S/C49H63N7O7/c1-9-55-40-13-12-30-21-34(40)35(44(55)37-23-50-15-14-31(37)25-62-8)22-49(5,6)26-63-48(61)38-11-10-16-56(53-38)46(59)39(19-29-17-32(30)20-33(57)18-29)52-45(58)43(27(2)3)54(7)47(60)42-41-28(4)36(41)24-51-42/h12-15,17-18,20-21,23,27-28,36,38-39,41-43,51,53,57H,9-11,16,19,22,24-26H2,1-8H3,(H,52,58)/t28-,36+,38-,39-,41-,42+,43-/m0/s1. The molecule has 4 aliphatic rings. The molecule has 2 aromatic heterocycles. The van der Waals surface area contributed by atoms with E-state index in [1.54, 1.807) is 32.5 Å². The number of likely N-dealkylation sites (N-methyl/N-ethyl adjacent to an activating group) is 1. The van der Waals surface area contributed by atoms with Gasteiger partial charge >= 0.3 is 5.97 Å². The number of rotatable bonds is 9. The predicted octanol–water partition coefficient (Wildman–Crippen LogP) is 5.23. The molecule has 3 amide bonds. The molecule has 3 aliphatic heterocycles. The average Bonchev–Trinajstić information content (AvgIpc) is 3.54. The van der Waals surface area contributed by atoms with E-state index in [-0.39, 0.29) is 42.6 Å². The number of aryl methyl sites for hydroxylation is 1. The van der Waals surface area contributed by atoms with Gasteiger partial charge in [0, 0.05) is 67.9 Å². The number of carbonyl (C=O) groups is 4. The number of nitrogens with one attached hydrogen (secondary N) is 3. The molecule has 14 nitrogen and oxygen atoms in total. The maximum atomic E-state index is 14.7. The summed E-state index contributed by atoms with van der Waals surface area (Å²) in [5.41, 5.74) is 9.94. The van der Waals surface area contributed by atoms with E-state index in [1.165, 1.54) is 9.91 Å². The number of aromatic nitrogens is 2. The fourth-order valence-electron chi connectivity index (χ4n) is 10.6. The monoisotopic (exact) mass is 861 g/mol. The van der Waals surface area contributed by atoms with Gasteiger partial charge in [0.1, 0.15) is 23.9 Å². The molecule has 0 radical (unpaired) electrons. The number of hydrogen-bond acceptors (Lipinski definition) is 10. The molecule has 1 aliphatic carbocycles. The molecule has 63 heavy (non-hydrogen) atoms. The minimum Gasteiger partial charge on any atom is -0.508 e. The van der Waals surface area contributed by atoms with Crippen LogP contribution in [-0.4, -0.2) is 106 Å². The van der Waals surface area contributed by atoms with Crippen LogP contribution < -0.4 is 16.1 Å². The fourth-order valence-corrected chi connectivity index (χ4v) is 10.6. The number of piperidine rings is 1. The highest BCUT2D eigenvalue weighted by Gasteiger charge is 2.58. The van der Waals surface area contributed by atoms with Crippen molar-refractivity contribution in [3.05, 3.63) is 71.5 Å². The molecule has 4 N–H and O–H groups in total. The van der Waals surface area contributed by atoms with Crippen molar-refractivity contribution < 1.29 is 33.8 Å². The topological polar surface area (TPSA) is 167 Å². The number of hydrogen-bond donors (Lipinski definition) is 4. The van der Waals surface area contributed by atoms with E-state index in [2.05, 4.69) is 65.4 Å². The van der Waals surface area contributed by atoms with Crippen molar-refractivity contribution in [3.8, 4) is 28.1 Å². The fraction of sp³-hybridized carbons (Fsp3) is 0.531. The first-order valence-electron chi connectivity index (χ1n) is 22.6. The summed E-state index contributed by atoms with van der Waals surface area (Å²) < 4.78 is 14.0. The van der Waals surface area contributed by atoms with E-state index in [4.69, 9.17) is 9.47 Å². The molecule has 1 saturated carbocycles. The number of nitrogens with zero attached hydrogens (tertiary/aromatic N) is 4. The zero-order valence-corrected chi connectivity index (χ0v) is 37.9. The number of cyclic esters (lactones) is 1. The van der Waals surface area contributed by atoms with Crippen LogP contribution in [0.1, 0.15) is 71.1 Å². The quantitative estimate of drug-likeness (QED) is 0.164. The molecule has 0 spiro atoms. The Morgan fingerprint density at radius 3 is 2.63 bits per heavy atom. The van der Waals surface area contributed by atoms with Crippen molar-refractivity contribution in [2.24, 2.45) is 29.1 Å². The first kappa shape index (κ1) is 44.3. The molecule has 6 bridgehead atoms. The van der Waals surface area contributed by atoms with Crippen LogP contribution >= 0.6 is 0 Å². The minimum atomic E-state index is -1.11. The Balaban J connectivity index is 1.21. The van der Waals surface area contributed by atoms with Crippen molar-refractivity contribution >= 4 is 34.6 Å². The summed E-state index contributed by atoms with van der Waals surface area (Å²) in [7, 11) is 3.35. The number of pyridine rings is 1. The van der Waals surface area contributed by atoms with Gasteiger partial charge in [0.05, 0.1) is 24.9 Å². The minimum absolute atomic E-state index is 0.0169. The second-order valence-corrected chi connectivity index (χ2v) is 19.3. The van der Waals surface area contributed by atoms with E-state index in [0.29, 0.717) is 56.4 Å².